The minimum atomic E-state index is -0.0402. The predicted octanol–water partition coefficient (Wildman–Crippen LogP) is 3.73. The van der Waals surface area contributed by atoms with Crippen LogP contribution in [0.4, 0.5) is 0 Å². The lowest BCUT2D eigenvalue weighted by Crippen LogP contribution is -2.50. The highest BCUT2D eigenvalue weighted by molar-refractivity contribution is 7.99. The topological polar surface area (TPSA) is 72.5 Å². The third kappa shape index (κ3) is 3.64. The number of aromatic nitrogens is 4. The Morgan fingerprint density at radius 2 is 1.94 bits per heavy atom. The minimum absolute atomic E-state index is 0.0402. The number of rotatable bonds is 5. The molecule has 0 bridgehead atoms. The second-order valence-electron chi connectivity index (χ2n) is 8.72. The molecule has 2 aromatic heterocycles. The fraction of sp³-hybridized carbons (Fsp3) is 0.565. The van der Waals surface area contributed by atoms with Crippen molar-refractivity contribution in [1.82, 2.24) is 24.1 Å². The summed E-state index contributed by atoms with van der Waals surface area (Å²) in [5, 5.41) is 10.0. The number of carbonyl (C=O) groups is 1. The van der Waals surface area contributed by atoms with Gasteiger partial charge < -0.3 is 4.90 Å². The predicted molar refractivity (Wildman–Crippen MR) is 122 cm³/mol. The van der Waals surface area contributed by atoms with Crippen molar-refractivity contribution >= 4 is 34.3 Å². The number of aryl methyl sites for hydroxylation is 1. The second-order valence-corrected chi connectivity index (χ2v) is 9.66. The first-order valence-electron chi connectivity index (χ1n) is 11.5. The van der Waals surface area contributed by atoms with E-state index in [2.05, 4.69) is 15.1 Å². The third-order valence-corrected chi connectivity index (χ3v) is 7.73. The normalized spacial score (nSPS) is 21.5. The van der Waals surface area contributed by atoms with Crippen LogP contribution in [0.15, 0.2) is 34.2 Å². The number of likely N-dealkylation sites (tertiary alicyclic amines) is 1. The number of para-hydroxylation sites is 1. The molecule has 8 heteroatoms. The lowest BCUT2D eigenvalue weighted by Gasteiger charge is -2.44. The van der Waals surface area contributed by atoms with Crippen molar-refractivity contribution in [1.29, 1.82) is 0 Å². The van der Waals surface area contributed by atoms with Crippen LogP contribution in [0.2, 0.25) is 0 Å². The van der Waals surface area contributed by atoms with Gasteiger partial charge in [-0.15, -0.1) is 10.2 Å². The molecule has 5 rings (SSSR count). The molecule has 1 aromatic carbocycles. The maximum atomic E-state index is 13.2. The Bertz CT molecular complexity index is 1170. The minimum Gasteiger partial charge on any atom is -0.339 e. The van der Waals surface area contributed by atoms with Crippen molar-refractivity contribution in [3.05, 3.63) is 34.6 Å². The molecule has 2 atom stereocenters. The quantitative estimate of drug-likeness (QED) is 0.567. The van der Waals surface area contributed by atoms with Crippen molar-refractivity contribution in [2.75, 3.05) is 12.3 Å². The SMILES string of the molecule is CCCn1c(=O)c2ccccc2n2c(SCC(=O)N3CCCC4CCCCC43)nnc12. The molecule has 1 saturated heterocycles. The van der Waals surface area contributed by atoms with Gasteiger partial charge >= 0.3 is 0 Å². The van der Waals surface area contributed by atoms with Gasteiger partial charge in [-0.3, -0.25) is 18.6 Å². The summed E-state index contributed by atoms with van der Waals surface area (Å²) in [6, 6.07) is 7.99. The zero-order chi connectivity index (χ0) is 21.4. The molecular formula is C23H29N5O2S. The Morgan fingerprint density at radius 1 is 1.13 bits per heavy atom. The number of benzene rings is 1. The molecule has 31 heavy (non-hydrogen) atoms. The van der Waals surface area contributed by atoms with Crippen LogP contribution in [0.5, 0.6) is 0 Å². The molecule has 3 heterocycles. The Labute approximate surface area is 185 Å². The van der Waals surface area contributed by atoms with E-state index >= 15 is 0 Å². The lowest BCUT2D eigenvalue weighted by atomic mass is 9.78. The van der Waals surface area contributed by atoms with Crippen molar-refractivity contribution in [3.63, 3.8) is 0 Å². The van der Waals surface area contributed by atoms with E-state index in [0.717, 1.165) is 31.3 Å². The summed E-state index contributed by atoms with van der Waals surface area (Å²) in [7, 11) is 0. The number of nitrogens with zero attached hydrogens (tertiary/aromatic N) is 5. The molecule has 164 valence electrons. The van der Waals surface area contributed by atoms with Crippen molar-refractivity contribution in [2.45, 2.75) is 69.6 Å². The maximum Gasteiger partial charge on any atom is 0.262 e. The average Bonchev–Trinajstić information content (AvgIpc) is 3.24. The van der Waals surface area contributed by atoms with Crippen LogP contribution in [0, 0.1) is 5.92 Å². The van der Waals surface area contributed by atoms with Crippen LogP contribution in [-0.2, 0) is 11.3 Å². The van der Waals surface area contributed by atoms with Crippen LogP contribution in [0.25, 0.3) is 16.7 Å². The molecule has 2 fully saturated rings. The van der Waals surface area contributed by atoms with Gasteiger partial charge in [-0.25, -0.2) is 0 Å². The Morgan fingerprint density at radius 3 is 2.81 bits per heavy atom. The van der Waals surface area contributed by atoms with Gasteiger partial charge in [0.2, 0.25) is 11.7 Å². The third-order valence-electron chi connectivity index (χ3n) is 6.81. The summed E-state index contributed by atoms with van der Waals surface area (Å²) in [5.41, 5.74) is 0.752. The van der Waals surface area contributed by atoms with E-state index in [1.807, 2.05) is 35.6 Å². The fourth-order valence-electron chi connectivity index (χ4n) is 5.40. The van der Waals surface area contributed by atoms with Crippen molar-refractivity contribution in [3.8, 4) is 0 Å². The summed E-state index contributed by atoms with van der Waals surface area (Å²) >= 11 is 1.43. The Kier molecular flexibility index (Phi) is 5.73. The van der Waals surface area contributed by atoms with E-state index in [9.17, 15) is 9.59 Å². The van der Waals surface area contributed by atoms with Gasteiger partial charge in [-0.2, -0.15) is 0 Å². The van der Waals surface area contributed by atoms with E-state index in [1.54, 1.807) is 4.57 Å². The number of fused-ring (bicyclic) bond motifs is 4. The summed E-state index contributed by atoms with van der Waals surface area (Å²) in [4.78, 5) is 28.3. The molecular weight excluding hydrogens is 410 g/mol. The summed E-state index contributed by atoms with van der Waals surface area (Å²) in [6.45, 7) is 3.51. The Balaban J connectivity index is 1.45. The number of piperidine rings is 1. The van der Waals surface area contributed by atoms with E-state index in [-0.39, 0.29) is 11.5 Å². The number of thioether (sulfide) groups is 1. The fourth-order valence-corrected chi connectivity index (χ4v) is 6.22. The highest BCUT2D eigenvalue weighted by Crippen LogP contribution is 2.35. The molecule has 1 aliphatic carbocycles. The van der Waals surface area contributed by atoms with Crippen molar-refractivity contribution < 1.29 is 4.79 Å². The van der Waals surface area contributed by atoms with E-state index in [1.165, 1.54) is 37.4 Å². The van der Waals surface area contributed by atoms with Gasteiger partial charge in [0.25, 0.3) is 5.56 Å². The number of carbonyl (C=O) groups excluding carboxylic acids is 1. The molecule has 2 aliphatic rings. The van der Waals surface area contributed by atoms with Gasteiger partial charge in [0.05, 0.1) is 16.7 Å². The number of amides is 1. The van der Waals surface area contributed by atoms with Crippen LogP contribution in [0.1, 0.15) is 51.9 Å². The molecule has 3 aromatic rings. The zero-order valence-corrected chi connectivity index (χ0v) is 18.8. The highest BCUT2D eigenvalue weighted by Gasteiger charge is 2.35. The first kappa shape index (κ1) is 20.5. The highest BCUT2D eigenvalue weighted by atomic mass is 32.2. The lowest BCUT2D eigenvalue weighted by molar-refractivity contribution is -0.134. The van der Waals surface area contributed by atoms with Gasteiger partial charge in [-0.1, -0.05) is 43.7 Å². The summed E-state index contributed by atoms with van der Waals surface area (Å²) in [6.07, 6.45) is 8.14. The maximum absolute atomic E-state index is 13.2. The van der Waals surface area contributed by atoms with Gasteiger partial charge in [0, 0.05) is 19.1 Å². The average molecular weight is 440 g/mol. The molecule has 1 aliphatic heterocycles. The molecule has 7 nitrogen and oxygen atoms in total. The van der Waals surface area contributed by atoms with Crippen LogP contribution in [-0.4, -0.2) is 48.3 Å². The molecule has 1 saturated carbocycles. The second kappa shape index (κ2) is 8.65. The number of hydrogen-bond donors (Lipinski definition) is 0. The van der Waals surface area contributed by atoms with Crippen LogP contribution >= 0.6 is 11.8 Å². The molecule has 0 radical (unpaired) electrons. The smallest absolute Gasteiger partial charge is 0.262 e. The molecule has 1 amide bonds. The molecule has 2 unspecified atom stereocenters. The molecule has 0 spiro atoms. The van der Waals surface area contributed by atoms with Crippen LogP contribution in [0.3, 0.4) is 0 Å². The summed E-state index contributed by atoms with van der Waals surface area (Å²) in [5.74, 6) is 1.78. The van der Waals surface area contributed by atoms with E-state index < -0.39 is 0 Å². The molecule has 0 N–H and O–H groups in total. The standard InChI is InChI=1S/C23H29N5O2S/c1-2-13-27-21(30)17-10-4-6-12-19(17)28-22(27)24-25-23(28)31-15-20(29)26-14-7-9-16-8-3-5-11-18(16)26/h4,6,10,12,16,18H,2-3,5,7-9,11,13-15H2,1H3. The Hall–Kier alpha value is -2.35. The van der Waals surface area contributed by atoms with Gasteiger partial charge in [0.15, 0.2) is 5.16 Å². The van der Waals surface area contributed by atoms with E-state index in [0.29, 0.717) is 40.6 Å². The monoisotopic (exact) mass is 439 g/mol. The zero-order valence-electron chi connectivity index (χ0n) is 18.0. The van der Waals surface area contributed by atoms with Crippen molar-refractivity contribution in [2.24, 2.45) is 5.92 Å². The van der Waals surface area contributed by atoms with E-state index in [4.69, 9.17) is 0 Å². The van der Waals surface area contributed by atoms with Gasteiger partial charge in [0.1, 0.15) is 0 Å². The summed E-state index contributed by atoms with van der Waals surface area (Å²) < 4.78 is 3.63. The number of hydrogen-bond acceptors (Lipinski definition) is 5. The largest absolute Gasteiger partial charge is 0.339 e. The van der Waals surface area contributed by atoms with Crippen LogP contribution < -0.4 is 5.56 Å². The first-order chi connectivity index (χ1) is 15.2. The first-order valence-corrected chi connectivity index (χ1v) is 12.5. The van der Waals surface area contributed by atoms with Gasteiger partial charge in [-0.05, 0) is 50.2 Å².